The minimum absolute atomic E-state index is 0.129. The molecule has 3 aliphatic rings. The number of ketones is 4. The SMILES string of the molecule is C[C@@H]1c2ccc(Nc3nc(-c4ccc(-c5ccccc5)cc4)cs3)c(O)c2C(=O)C2C(=O)[C@@]3(O)C(=O)C(C(N)=O)C(=O)[C@H](N(C)C)[C@H]3[C@H](O)[C@H]21. The zero-order valence-electron chi connectivity index (χ0n) is 27.2. The van der Waals surface area contributed by atoms with Gasteiger partial charge in [-0.05, 0) is 42.8 Å². The van der Waals surface area contributed by atoms with E-state index in [1.165, 1.54) is 30.3 Å². The van der Waals surface area contributed by atoms with Gasteiger partial charge in [-0.3, -0.25) is 28.9 Å². The lowest BCUT2D eigenvalue weighted by Gasteiger charge is -2.56. The number of aromatic nitrogens is 1. The molecule has 3 aliphatic carbocycles. The Morgan fingerprint density at radius 2 is 1.58 bits per heavy atom. The maximum Gasteiger partial charge on any atom is 0.235 e. The van der Waals surface area contributed by atoms with Gasteiger partial charge in [0.25, 0.3) is 0 Å². The normalized spacial score (nSPS) is 29.0. The number of aliphatic hydroxyl groups is 2. The van der Waals surface area contributed by atoms with Crippen LogP contribution in [-0.4, -0.2) is 86.1 Å². The third-order valence-electron chi connectivity index (χ3n) is 10.5. The number of phenols is 1. The number of rotatable bonds is 6. The number of amides is 1. The summed E-state index contributed by atoms with van der Waals surface area (Å²) in [5.41, 5.74) is 6.31. The van der Waals surface area contributed by atoms with Gasteiger partial charge in [0.15, 0.2) is 39.8 Å². The Bertz CT molecular complexity index is 2080. The second-order valence-corrected chi connectivity index (χ2v) is 14.3. The molecule has 1 amide bonds. The smallest absolute Gasteiger partial charge is 0.235 e. The molecular formula is C37H34N4O8S. The van der Waals surface area contributed by atoms with Crippen molar-refractivity contribution in [3.8, 4) is 28.1 Å². The van der Waals surface area contributed by atoms with Gasteiger partial charge < -0.3 is 26.4 Å². The molecule has 0 spiro atoms. The van der Waals surface area contributed by atoms with Gasteiger partial charge in [-0.15, -0.1) is 11.3 Å². The van der Waals surface area contributed by atoms with Crippen molar-refractivity contribution in [2.75, 3.05) is 19.4 Å². The Balaban J connectivity index is 1.21. The number of nitrogens with two attached hydrogens (primary N) is 1. The summed E-state index contributed by atoms with van der Waals surface area (Å²) in [5, 5.41) is 40.4. The number of likely N-dealkylation sites (N-methyl/N-ethyl adjacent to an activating group) is 1. The summed E-state index contributed by atoms with van der Waals surface area (Å²) in [6.07, 6.45) is -1.70. The van der Waals surface area contributed by atoms with E-state index in [0.717, 1.165) is 16.7 Å². The second kappa shape index (κ2) is 12.1. The molecule has 0 radical (unpaired) electrons. The molecule has 8 atom stereocenters. The molecule has 13 heteroatoms. The van der Waals surface area contributed by atoms with E-state index < -0.39 is 82.1 Å². The van der Waals surface area contributed by atoms with Gasteiger partial charge >= 0.3 is 0 Å². The van der Waals surface area contributed by atoms with Gasteiger partial charge in [-0.2, -0.15) is 0 Å². The van der Waals surface area contributed by atoms with E-state index in [2.05, 4.69) is 10.3 Å². The van der Waals surface area contributed by atoms with E-state index in [1.54, 1.807) is 19.1 Å². The fourth-order valence-electron chi connectivity index (χ4n) is 8.13. The lowest BCUT2D eigenvalue weighted by Crippen LogP contribution is -2.77. The van der Waals surface area contributed by atoms with Crippen LogP contribution in [0, 0.1) is 23.7 Å². The Labute approximate surface area is 290 Å². The Morgan fingerprint density at radius 1 is 0.940 bits per heavy atom. The van der Waals surface area contributed by atoms with Crippen LogP contribution >= 0.6 is 11.3 Å². The number of anilines is 2. The number of nitrogens with one attached hydrogen (secondary N) is 1. The van der Waals surface area contributed by atoms with Crippen LogP contribution in [0.4, 0.5) is 10.8 Å². The summed E-state index contributed by atoms with van der Waals surface area (Å²) >= 11 is 1.28. The Hall–Kier alpha value is -5.08. The fraction of sp³-hybridized carbons (Fsp3) is 0.297. The average molecular weight is 695 g/mol. The number of primary amides is 1. The van der Waals surface area contributed by atoms with Crippen LogP contribution in [0.15, 0.2) is 72.1 Å². The van der Waals surface area contributed by atoms with E-state index in [4.69, 9.17) is 5.73 Å². The predicted molar refractivity (Wildman–Crippen MR) is 184 cm³/mol. The van der Waals surface area contributed by atoms with Crippen LogP contribution in [0.2, 0.25) is 0 Å². The van der Waals surface area contributed by atoms with Crippen molar-refractivity contribution in [2.24, 2.45) is 29.4 Å². The van der Waals surface area contributed by atoms with E-state index in [1.807, 2.05) is 60.0 Å². The summed E-state index contributed by atoms with van der Waals surface area (Å²) in [5.74, 6) is -13.8. The molecule has 4 aromatic rings. The number of aliphatic hydroxyl groups excluding tert-OH is 1. The Morgan fingerprint density at radius 3 is 2.22 bits per heavy atom. The number of aromatic hydroxyl groups is 1. The van der Waals surface area contributed by atoms with Crippen LogP contribution in [0.3, 0.4) is 0 Å². The summed E-state index contributed by atoms with van der Waals surface area (Å²) < 4.78 is 0. The van der Waals surface area contributed by atoms with E-state index in [9.17, 15) is 39.3 Å². The minimum Gasteiger partial charge on any atom is -0.505 e. The lowest BCUT2D eigenvalue weighted by molar-refractivity contribution is -0.196. The molecule has 2 unspecified atom stereocenters. The molecule has 1 heterocycles. The number of benzene rings is 3. The zero-order chi connectivity index (χ0) is 35.8. The lowest BCUT2D eigenvalue weighted by atomic mass is 9.49. The number of Topliss-reactive ketones (excluding diaryl/α,β-unsaturated/α-hetero) is 4. The van der Waals surface area contributed by atoms with Gasteiger partial charge in [0, 0.05) is 16.9 Å². The van der Waals surface area contributed by atoms with Crippen molar-refractivity contribution in [1.82, 2.24) is 9.88 Å². The van der Waals surface area contributed by atoms with Crippen molar-refractivity contribution < 1.29 is 39.3 Å². The number of carbonyl (C=O) groups is 5. The summed E-state index contributed by atoms with van der Waals surface area (Å²) in [6, 6.07) is 19.6. The quantitative estimate of drug-likeness (QED) is 0.147. The fourth-order valence-corrected chi connectivity index (χ4v) is 8.87. The van der Waals surface area contributed by atoms with Crippen LogP contribution in [0.5, 0.6) is 5.75 Å². The highest BCUT2D eigenvalue weighted by molar-refractivity contribution is 7.14. The van der Waals surface area contributed by atoms with E-state index in [-0.39, 0.29) is 11.3 Å². The van der Waals surface area contributed by atoms with Gasteiger partial charge in [-0.1, -0.05) is 67.6 Å². The van der Waals surface area contributed by atoms with Crippen molar-refractivity contribution in [3.63, 3.8) is 0 Å². The second-order valence-electron chi connectivity index (χ2n) is 13.4. The van der Waals surface area contributed by atoms with E-state index in [0.29, 0.717) is 16.4 Å². The number of nitrogens with zero attached hydrogens (tertiary/aromatic N) is 2. The third-order valence-corrected chi connectivity index (χ3v) is 11.3. The molecular weight excluding hydrogens is 660 g/mol. The molecule has 0 bridgehead atoms. The van der Waals surface area contributed by atoms with Crippen molar-refractivity contribution in [1.29, 1.82) is 0 Å². The van der Waals surface area contributed by atoms with Crippen molar-refractivity contribution >= 4 is 51.2 Å². The topological polar surface area (TPSA) is 200 Å². The molecule has 0 aliphatic heterocycles. The molecule has 2 saturated carbocycles. The highest BCUT2D eigenvalue weighted by Gasteiger charge is 2.72. The summed E-state index contributed by atoms with van der Waals surface area (Å²) in [7, 11) is 2.90. The van der Waals surface area contributed by atoms with Crippen molar-refractivity contribution in [3.05, 3.63) is 83.2 Å². The predicted octanol–water partition coefficient (Wildman–Crippen LogP) is 2.93. The first-order valence-corrected chi connectivity index (χ1v) is 16.9. The van der Waals surface area contributed by atoms with Gasteiger partial charge in [0.2, 0.25) is 5.91 Å². The van der Waals surface area contributed by atoms with Crippen LogP contribution in [0.1, 0.15) is 28.8 Å². The first-order valence-electron chi connectivity index (χ1n) is 16.0. The maximum atomic E-state index is 14.2. The number of phenolic OH excluding ortho intramolecular Hbond substituents is 1. The molecule has 6 N–H and O–H groups in total. The summed E-state index contributed by atoms with van der Waals surface area (Å²) in [4.78, 5) is 73.6. The highest BCUT2D eigenvalue weighted by atomic mass is 32.1. The number of hydrogen-bond donors (Lipinski definition) is 5. The highest BCUT2D eigenvalue weighted by Crippen LogP contribution is 2.55. The molecule has 0 saturated heterocycles. The minimum atomic E-state index is -3.06. The largest absolute Gasteiger partial charge is 0.505 e. The number of carbonyl (C=O) groups excluding carboxylic acids is 5. The molecule has 3 aromatic carbocycles. The van der Waals surface area contributed by atoms with E-state index >= 15 is 0 Å². The molecule has 1 aromatic heterocycles. The summed E-state index contributed by atoms with van der Waals surface area (Å²) in [6.45, 7) is 1.66. The van der Waals surface area contributed by atoms with Crippen LogP contribution < -0.4 is 11.1 Å². The van der Waals surface area contributed by atoms with Gasteiger partial charge in [0.1, 0.15) is 5.75 Å². The first-order chi connectivity index (χ1) is 23.8. The number of hydrogen-bond acceptors (Lipinski definition) is 12. The molecule has 2 fully saturated rings. The zero-order valence-corrected chi connectivity index (χ0v) is 28.0. The molecule has 50 heavy (non-hydrogen) atoms. The molecule has 7 rings (SSSR count). The van der Waals surface area contributed by atoms with Gasteiger partial charge in [-0.25, -0.2) is 4.98 Å². The van der Waals surface area contributed by atoms with Crippen LogP contribution in [0.25, 0.3) is 22.4 Å². The first kappa shape index (κ1) is 33.4. The standard InChI is InChI=1S/C37H34N4O8S/c1-16-20-13-14-21(39-36-40-22(15-50-36)19-11-9-18(10-12-19)17-7-5-4-6-8-17)29(42)24(20)30(43)25-23(16)31(44)27-28(41(2)3)32(45)26(35(38)48)34(47)37(27,49)33(25)46/h4-16,23,25-28,31,42,44,49H,1-3H3,(H2,38,48)(H,39,40)/t16-,23+,25?,26?,27+,28-,31-,37-/m1/s1. The van der Waals surface area contributed by atoms with Crippen LogP contribution in [-0.2, 0) is 19.2 Å². The average Bonchev–Trinajstić information content (AvgIpc) is 3.56. The number of thiazole rings is 1. The van der Waals surface area contributed by atoms with Gasteiger partial charge in [0.05, 0.1) is 40.9 Å². The van der Waals surface area contributed by atoms with Crippen molar-refractivity contribution in [2.45, 2.75) is 30.6 Å². The third kappa shape index (κ3) is 4.83. The number of fused-ring (bicyclic) bond motifs is 3. The Kier molecular flexibility index (Phi) is 8.06. The molecule has 256 valence electrons. The maximum absolute atomic E-state index is 14.2. The molecule has 12 nitrogen and oxygen atoms in total. The monoisotopic (exact) mass is 694 g/mol.